The number of alkyl halides is 2. The first-order valence-electron chi connectivity index (χ1n) is 10.4. The van der Waals surface area contributed by atoms with E-state index < -0.39 is 6.43 Å². The molecule has 3 saturated heterocycles. The molecule has 3 fully saturated rings. The number of ether oxygens (including phenoxy) is 2. The standard InChI is InChI=1S/C20H21F2N7O2/c21-16(22)17-23-14-3-1-2-4-15(14)29(17)20-25-18(27-5-7-30-8-6-27)24-19(26-20)28-10-13-9-12(28)11-31-13/h1-4,12-13,16H,5-11H2. The molecule has 3 aliphatic rings. The Labute approximate surface area is 176 Å². The largest absolute Gasteiger partial charge is 0.378 e. The molecule has 0 saturated carbocycles. The van der Waals surface area contributed by atoms with E-state index in [-0.39, 0.29) is 23.9 Å². The first-order chi connectivity index (χ1) is 15.2. The second-order valence-electron chi connectivity index (χ2n) is 7.93. The van der Waals surface area contributed by atoms with Gasteiger partial charge in [0.25, 0.3) is 6.43 Å². The summed E-state index contributed by atoms with van der Waals surface area (Å²) in [7, 11) is 0. The summed E-state index contributed by atoms with van der Waals surface area (Å²) in [5, 5.41) is 0. The zero-order valence-electron chi connectivity index (χ0n) is 16.7. The van der Waals surface area contributed by atoms with E-state index in [1.165, 1.54) is 4.57 Å². The van der Waals surface area contributed by atoms with Crippen molar-refractivity contribution < 1.29 is 18.3 Å². The van der Waals surface area contributed by atoms with Gasteiger partial charge >= 0.3 is 0 Å². The van der Waals surface area contributed by atoms with Crippen LogP contribution in [0.5, 0.6) is 0 Å². The number of rotatable bonds is 4. The van der Waals surface area contributed by atoms with Crippen molar-refractivity contribution in [2.45, 2.75) is 25.0 Å². The Morgan fingerprint density at radius 2 is 1.74 bits per heavy atom. The third kappa shape index (κ3) is 3.19. The Balaban J connectivity index is 1.52. The number of imidazole rings is 1. The highest BCUT2D eigenvalue weighted by Gasteiger charge is 2.41. The summed E-state index contributed by atoms with van der Waals surface area (Å²) in [5.74, 6) is 0.724. The zero-order valence-corrected chi connectivity index (χ0v) is 16.7. The van der Waals surface area contributed by atoms with Crippen molar-refractivity contribution in [2.75, 3.05) is 49.3 Å². The van der Waals surface area contributed by atoms with E-state index in [1.54, 1.807) is 24.3 Å². The fourth-order valence-corrected chi connectivity index (χ4v) is 4.52. The van der Waals surface area contributed by atoms with Gasteiger partial charge in [-0.2, -0.15) is 15.0 Å². The van der Waals surface area contributed by atoms with E-state index in [4.69, 9.17) is 14.5 Å². The van der Waals surface area contributed by atoms with E-state index in [0.717, 1.165) is 6.42 Å². The highest BCUT2D eigenvalue weighted by Crippen LogP contribution is 2.33. The monoisotopic (exact) mass is 429 g/mol. The smallest absolute Gasteiger partial charge is 0.296 e. The molecule has 0 N–H and O–H groups in total. The maximum Gasteiger partial charge on any atom is 0.296 e. The molecule has 3 aromatic rings. The molecule has 2 aromatic heterocycles. The fourth-order valence-electron chi connectivity index (χ4n) is 4.52. The SMILES string of the molecule is FC(F)c1nc2ccccc2n1-c1nc(N2CCOCC2)nc(N2CC3CC2CO3)n1. The van der Waals surface area contributed by atoms with Gasteiger partial charge < -0.3 is 19.3 Å². The molecule has 0 aliphatic carbocycles. The van der Waals surface area contributed by atoms with Gasteiger partial charge in [-0.15, -0.1) is 0 Å². The molecule has 2 unspecified atom stereocenters. The Morgan fingerprint density at radius 3 is 2.48 bits per heavy atom. The third-order valence-electron chi connectivity index (χ3n) is 6.03. The molecule has 3 aliphatic heterocycles. The van der Waals surface area contributed by atoms with Gasteiger partial charge in [-0.25, -0.2) is 13.8 Å². The average molecular weight is 429 g/mol. The predicted molar refractivity (Wildman–Crippen MR) is 108 cm³/mol. The molecule has 162 valence electrons. The van der Waals surface area contributed by atoms with E-state index in [9.17, 15) is 8.78 Å². The number of fused-ring (bicyclic) bond motifs is 3. The molecule has 2 atom stereocenters. The maximum atomic E-state index is 13.9. The van der Waals surface area contributed by atoms with Crippen LogP contribution in [0.4, 0.5) is 20.7 Å². The van der Waals surface area contributed by atoms with Gasteiger partial charge in [0.15, 0.2) is 5.82 Å². The first-order valence-corrected chi connectivity index (χ1v) is 10.4. The molecule has 6 rings (SSSR count). The lowest BCUT2D eigenvalue weighted by atomic mass is 10.2. The molecule has 0 spiro atoms. The molecule has 9 nitrogen and oxygen atoms in total. The Hall–Kier alpha value is -2.92. The first kappa shape index (κ1) is 18.8. The lowest BCUT2D eigenvalue weighted by Gasteiger charge is -2.30. The lowest BCUT2D eigenvalue weighted by Crippen LogP contribution is -2.40. The van der Waals surface area contributed by atoms with Crippen LogP contribution in [0.2, 0.25) is 0 Å². The van der Waals surface area contributed by atoms with E-state index in [1.807, 2.05) is 4.90 Å². The highest BCUT2D eigenvalue weighted by atomic mass is 19.3. The minimum absolute atomic E-state index is 0.152. The van der Waals surface area contributed by atoms with Crippen molar-refractivity contribution in [1.82, 2.24) is 24.5 Å². The van der Waals surface area contributed by atoms with Crippen molar-refractivity contribution in [1.29, 1.82) is 0 Å². The minimum atomic E-state index is -2.77. The van der Waals surface area contributed by atoms with Crippen LogP contribution < -0.4 is 9.80 Å². The van der Waals surface area contributed by atoms with Crippen LogP contribution in [-0.4, -0.2) is 76.1 Å². The number of benzene rings is 1. The van der Waals surface area contributed by atoms with Gasteiger partial charge in [0.05, 0.1) is 43.0 Å². The third-order valence-corrected chi connectivity index (χ3v) is 6.03. The van der Waals surface area contributed by atoms with Gasteiger partial charge in [-0.3, -0.25) is 4.57 Å². The number of nitrogens with zero attached hydrogens (tertiary/aromatic N) is 7. The highest BCUT2D eigenvalue weighted by molar-refractivity contribution is 5.77. The van der Waals surface area contributed by atoms with Crippen LogP contribution in [0.15, 0.2) is 24.3 Å². The zero-order chi connectivity index (χ0) is 20.9. The molecule has 11 heteroatoms. The Morgan fingerprint density at radius 1 is 0.968 bits per heavy atom. The van der Waals surface area contributed by atoms with Gasteiger partial charge in [0.1, 0.15) is 0 Å². The summed E-state index contributed by atoms with van der Waals surface area (Å²) in [6.07, 6.45) is -1.69. The molecular formula is C20H21F2N7O2. The number of halogens is 2. The van der Waals surface area contributed by atoms with Crippen molar-refractivity contribution in [3.63, 3.8) is 0 Å². The minimum Gasteiger partial charge on any atom is -0.378 e. The molecule has 5 heterocycles. The predicted octanol–water partition coefficient (Wildman–Crippen LogP) is 1.96. The van der Waals surface area contributed by atoms with Crippen LogP contribution in [0, 0.1) is 0 Å². The molecular weight excluding hydrogens is 408 g/mol. The summed E-state index contributed by atoms with van der Waals surface area (Å²) in [5.41, 5.74) is 1.01. The topological polar surface area (TPSA) is 81.4 Å². The number of aromatic nitrogens is 5. The van der Waals surface area contributed by atoms with Crippen LogP contribution in [-0.2, 0) is 9.47 Å². The van der Waals surface area contributed by atoms with E-state index in [0.29, 0.717) is 62.4 Å². The molecule has 0 radical (unpaired) electrons. The van der Waals surface area contributed by atoms with Gasteiger partial charge in [0, 0.05) is 19.6 Å². The summed E-state index contributed by atoms with van der Waals surface area (Å²) < 4.78 is 40.3. The van der Waals surface area contributed by atoms with Crippen molar-refractivity contribution in [3.8, 4) is 5.95 Å². The van der Waals surface area contributed by atoms with Crippen molar-refractivity contribution in [3.05, 3.63) is 30.1 Å². The molecule has 1 aromatic carbocycles. The molecule has 2 bridgehead atoms. The Kier molecular flexibility index (Phi) is 4.46. The van der Waals surface area contributed by atoms with Crippen LogP contribution in [0.25, 0.3) is 17.0 Å². The quantitative estimate of drug-likeness (QED) is 0.623. The second-order valence-corrected chi connectivity index (χ2v) is 7.93. The second kappa shape index (κ2) is 7.34. The van der Waals surface area contributed by atoms with Crippen LogP contribution in [0.3, 0.4) is 0 Å². The number of hydrogen-bond acceptors (Lipinski definition) is 8. The Bertz CT molecular complexity index is 1120. The number of hydrogen-bond donors (Lipinski definition) is 0. The van der Waals surface area contributed by atoms with Crippen molar-refractivity contribution in [2.24, 2.45) is 0 Å². The fraction of sp³-hybridized carbons (Fsp3) is 0.500. The number of para-hydroxylation sites is 2. The number of anilines is 2. The summed E-state index contributed by atoms with van der Waals surface area (Å²) >= 11 is 0. The van der Waals surface area contributed by atoms with Gasteiger partial charge in [-0.05, 0) is 18.6 Å². The van der Waals surface area contributed by atoms with Crippen LogP contribution in [0.1, 0.15) is 18.7 Å². The van der Waals surface area contributed by atoms with Crippen LogP contribution >= 0.6 is 0 Å². The summed E-state index contributed by atoms with van der Waals surface area (Å²) in [4.78, 5) is 22.2. The van der Waals surface area contributed by atoms with Crippen molar-refractivity contribution >= 4 is 22.9 Å². The van der Waals surface area contributed by atoms with Gasteiger partial charge in [-0.1, -0.05) is 12.1 Å². The number of morpholine rings is 2. The lowest BCUT2D eigenvalue weighted by molar-refractivity contribution is 0.0986. The maximum absolute atomic E-state index is 13.9. The normalized spacial score (nSPS) is 23.5. The molecule has 0 amide bonds. The molecule has 31 heavy (non-hydrogen) atoms. The van der Waals surface area contributed by atoms with E-state index >= 15 is 0 Å². The average Bonchev–Trinajstić information content (AvgIpc) is 3.53. The van der Waals surface area contributed by atoms with E-state index in [2.05, 4.69) is 19.9 Å². The summed E-state index contributed by atoms with van der Waals surface area (Å²) in [6.45, 7) is 3.69. The summed E-state index contributed by atoms with van der Waals surface area (Å²) in [6, 6.07) is 7.20. The van der Waals surface area contributed by atoms with Gasteiger partial charge in [0.2, 0.25) is 17.8 Å².